The van der Waals surface area contributed by atoms with Crippen LogP contribution in [0.1, 0.15) is 18.5 Å². The Morgan fingerprint density at radius 2 is 2.50 bits per heavy atom. The average Bonchev–Trinajstić information content (AvgIpc) is 2.83. The van der Waals surface area contributed by atoms with Gasteiger partial charge in [0.25, 0.3) is 5.56 Å². The number of aromatic nitrogens is 2. The average molecular weight is 251 g/mol. The second-order valence-corrected chi connectivity index (χ2v) is 4.44. The predicted octanol–water partition coefficient (Wildman–Crippen LogP) is -0.153. The molecule has 6 heteroatoms. The number of carbonyl (C=O) groups excluding carboxylic acids is 1. The lowest BCUT2D eigenvalue weighted by atomic mass is 10.2. The fraction of sp³-hybridized carbons (Fsp3) is 0.583. The highest BCUT2D eigenvalue weighted by molar-refractivity contribution is 5.75. The minimum absolute atomic E-state index is 0.00116. The van der Waals surface area contributed by atoms with Crippen molar-refractivity contribution >= 4 is 5.91 Å². The standard InChI is InChI=1S/C12H17N3O3/c1-9-5-12(17)15(8-14-9)7-11(16)13-6-10-3-2-4-18-10/h5,8,10H,2-4,6-7H2,1H3,(H,13,16). The molecule has 1 amide bonds. The fourth-order valence-electron chi connectivity index (χ4n) is 1.88. The van der Waals surface area contributed by atoms with Crippen molar-refractivity contribution < 1.29 is 9.53 Å². The van der Waals surface area contributed by atoms with Gasteiger partial charge in [0.2, 0.25) is 5.91 Å². The summed E-state index contributed by atoms with van der Waals surface area (Å²) < 4.78 is 6.69. The summed E-state index contributed by atoms with van der Waals surface area (Å²) in [6.45, 7) is 3.01. The zero-order valence-electron chi connectivity index (χ0n) is 10.4. The van der Waals surface area contributed by atoms with Crippen LogP contribution in [0.15, 0.2) is 17.2 Å². The Hall–Kier alpha value is -1.69. The van der Waals surface area contributed by atoms with Crippen molar-refractivity contribution in [3.63, 3.8) is 0 Å². The normalized spacial score (nSPS) is 18.8. The molecule has 1 fully saturated rings. The van der Waals surface area contributed by atoms with E-state index >= 15 is 0 Å². The Balaban J connectivity index is 1.84. The van der Waals surface area contributed by atoms with Crippen LogP contribution in [0.5, 0.6) is 0 Å². The Morgan fingerprint density at radius 3 is 3.17 bits per heavy atom. The van der Waals surface area contributed by atoms with E-state index in [9.17, 15) is 9.59 Å². The van der Waals surface area contributed by atoms with Crippen molar-refractivity contribution in [1.29, 1.82) is 0 Å². The van der Waals surface area contributed by atoms with Crippen LogP contribution in [-0.4, -0.2) is 34.7 Å². The summed E-state index contributed by atoms with van der Waals surface area (Å²) in [5.74, 6) is -0.196. The second-order valence-electron chi connectivity index (χ2n) is 4.44. The summed E-state index contributed by atoms with van der Waals surface area (Å²) in [5, 5.41) is 2.76. The molecule has 1 saturated heterocycles. The van der Waals surface area contributed by atoms with Gasteiger partial charge in [0, 0.05) is 24.9 Å². The van der Waals surface area contributed by atoms with Crippen molar-refractivity contribution in [3.8, 4) is 0 Å². The molecule has 98 valence electrons. The largest absolute Gasteiger partial charge is 0.376 e. The molecule has 1 aromatic heterocycles. The van der Waals surface area contributed by atoms with Crippen LogP contribution in [0.4, 0.5) is 0 Å². The van der Waals surface area contributed by atoms with Gasteiger partial charge in [-0.1, -0.05) is 0 Å². The van der Waals surface area contributed by atoms with E-state index in [0.29, 0.717) is 12.2 Å². The molecule has 1 N–H and O–H groups in total. The third kappa shape index (κ3) is 3.40. The van der Waals surface area contributed by atoms with Crippen molar-refractivity contribution in [1.82, 2.24) is 14.9 Å². The molecule has 1 aliphatic heterocycles. The molecule has 2 rings (SSSR count). The first-order chi connectivity index (χ1) is 8.65. The van der Waals surface area contributed by atoms with Crippen molar-refractivity contribution in [2.45, 2.75) is 32.4 Å². The Bertz CT molecular complexity index is 478. The maximum atomic E-state index is 11.7. The van der Waals surface area contributed by atoms with E-state index in [0.717, 1.165) is 19.4 Å². The monoisotopic (exact) mass is 251 g/mol. The number of carbonyl (C=O) groups is 1. The van der Waals surface area contributed by atoms with Crippen LogP contribution in [0.3, 0.4) is 0 Å². The Kier molecular flexibility index (Phi) is 4.09. The molecule has 0 aromatic carbocycles. The van der Waals surface area contributed by atoms with E-state index in [-0.39, 0.29) is 24.1 Å². The van der Waals surface area contributed by atoms with Gasteiger partial charge in [-0.25, -0.2) is 4.98 Å². The Morgan fingerprint density at radius 1 is 1.67 bits per heavy atom. The van der Waals surface area contributed by atoms with Crippen LogP contribution in [0.25, 0.3) is 0 Å². The van der Waals surface area contributed by atoms with Gasteiger partial charge in [0.05, 0.1) is 12.4 Å². The van der Waals surface area contributed by atoms with E-state index in [1.165, 1.54) is 17.0 Å². The van der Waals surface area contributed by atoms with Crippen LogP contribution in [-0.2, 0) is 16.1 Å². The lowest BCUT2D eigenvalue weighted by Crippen LogP contribution is -2.36. The molecule has 0 saturated carbocycles. The third-order valence-corrected chi connectivity index (χ3v) is 2.88. The minimum Gasteiger partial charge on any atom is -0.376 e. The number of hydrogen-bond donors (Lipinski definition) is 1. The number of hydrogen-bond acceptors (Lipinski definition) is 4. The molecule has 18 heavy (non-hydrogen) atoms. The number of amides is 1. The molecule has 1 aliphatic rings. The molecule has 1 aromatic rings. The number of nitrogens with one attached hydrogen (secondary N) is 1. The van der Waals surface area contributed by atoms with E-state index in [4.69, 9.17) is 4.74 Å². The first-order valence-electron chi connectivity index (χ1n) is 6.06. The van der Waals surface area contributed by atoms with E-state index in [2.05, 4.69) is 10.3 Å². The summed E-state index contributed by atoms with van der Waals surface area (Å²) in [4.78, 5) is 27.2. The van der Waals surface area contributed by atoms with E-state index in [1.807, 2.05) is 0 Å². The number of aryl methyl sites for hydroxylation is 1. The number of rotatable bonds is 4. The zero-order chi connectivity index (χ0) is 13.0. The van der Waals surface area contributed by atoms with Gasteiger partial charge in [-0.15, -0.1) is 0 Å². The summed E-state index contributed by atoms with van der Waals surface area (Å²) >= 11 is 0. The van der Waals surface area contributed by atoms with Gasteiger partial charge in [-0.2, -0.15) is 0 Å². The predicted molar refractivity (Wildman–Crippen MR) is 65.2 cm³/mol. The van der Waals surface area contributed by atoms with Crippen molar-refractivity contribution in [2.24, 2.45) is 0 Å². The molecule has 0 aliphatic carbocycles. The van der Waals surface area contributed by atoms with Gasteiger partial charge in [-0.05, 0) is 19.8 Å². The van der Waals surface area contributed by atoms with Crippen molar-refractivity contribution in [2.75, 3.05) is 13.2 Å². The van der Waals surface area contributed by atoms with Crippen LogP contribution in [0.2, 0.25) is 0 Å². The first-order valence-corrected chi connectivity index (χ1v) is 6.06. The summed E-state index contributed by atoms with van der Waals surface area (Å²) in [6.07, 6.45) is 3.53. The minimum atomic E-state index is -0.213. The van der Waals surface area contributed by atoms with Gasteiger partial charge < -0.3 is 10.1 Å². The van der Waals surface area contributed by atoms with Gasteiger partial charge >= 0.3 is 0 Å². The fourth-order valence-corrected chi connectivity index (χ4v) is 1.88. The molecular weight excluding hydrogens is 234 g/mol. The summed E-state index contributed by atoms with van der Waals surface area (Å²) in [5.41, 5.74) is 0.436. The molecule has 2 heterocycles. The first kappa shape index (κ1) is 12.8. The van der Waals surface area contributed by atoms with E-state index in [1.54, 1.807) is 6.92 Å². The van der Waals surface area contributed by atoms with Crippen LogP contribution < -0.4 is 10.9 Å². The van der Waals surface area contributed by atoms with Crippen LogP contribution in [0, 0.1) is 6.92 Å². The third-order valence-electron chi connectivity index (χ3n) is 2.88. The maximum Gasteiger partial charge on any atom is 0.253 e. The Labute approximate surface area is 105 Å². The molecule has 0 radical (unpaired) electrons. The van der Waals surface area contributed by atoms with Gasteiger partial charge in [-0.3, -0.25) is 14.2 Å². The van der Waals surface area contributed by atoms with Gasteiger partial charge in [0.1, 0.15) is 6.54 Å². The van der Waals surface area contributed by atoms with Gasteiger partial charge in [0.15, 0.2) is 0 Å². The highest BCUT2D eigenvalue weighted by Gasteiger charge is 2.16. The summed E-state index contributed by atoms with van der Waals surface area (Å²) in [6, 6.07) is 1.41. The smallest absolute Gasteiger partial charge is 0.253 e. The summed E-state index contributed by atoms with van der Waals surface area (Å²) in [7, 11) is 0. The molecule has 1 atom stereocenters. The van der Waals surface area contributed by atoms with Crippen molar-refractivity contribution in [3.05, 3.63) is 28.4 Å². The van der Waals surface area contributed by atoms with Crippen LogP contribution >= 0.6 is 0 Å². The number of ether oxygens (including phenoxy) is 1. The molecule has 6 nitrogen and oxygen atoms in total. The topological polar surface area (TPSA) is 73.2 Å². The molecule has 0 spiro atoms. The number of nitrogens with zero attached hydrogens (tertiary/aromatic N) is 2. The molecule has 1 unspecified atom stereocenters. The quantitative estimate of drug-likeness (QED) is 0.807. The zero-order valence-corrected chi connectivity index (χ0v) is 10.4. The van der Waals surface area contributed by atoms with E-state index < -0.39 is 0 Å². The molecule has 0 bridgehead atoms. The maximum absolute atomic E-state index is 11.7. The lowest BCUT2D eigenvalue weighted by molar-refractivity contribution is -0.122. The lowest BCUT2D eigenvalue weighted by Gasteiger charge is -2.11. The second kappa shape index (κ2) is 5.77. The highest BCUT2D eigenvalue weighted by atomic mass is 16.5. The highest BCUT2D eigenvalue weighted by Crippen LogP contribution is 2.10. The molecular formula is C12H17N3O3. The SMILES string of the molecule is Cc1cc(=O)n(CC(=O)NCC2CCCO2)cn1.